The maximum atomic E-state index is 13.0. The molecular formula is C15H24N4O3S. The smallest absolute Gasteiger partial charge is 0.246 e. The predicted molar refractivity (Wildman–Crippen MR) is 87.7 cm³/mol. The van der Waals surface area contributed by atoms with E-state index in [0.29, 0.717) is 31.1 Å². The van der Waals surface area contributed by atoms with Crippen molar-refractivity contribution in [1.29, 1.82) is 0 Å². The summed E-state index contributed by atoms with van der Waals surface area (Å²) >= 11 is 0. The molecule has 128 valence electrons. The average molecular weight is 340 g/mol. The van der Waals surface area contributed by atoms with Gasteiger partial charge in [-0.25, -0.2) is 8.42 Å². The molecular weight excluding hydrogens is 316 g/mol. The lowest BCUT2D eigenvalue weighted by molar-refractivity contribution is 0.102. The summed E-state index contributed by atoms with van der Waals surface area (Å²) in [5, 5.41) is 9.20. The van der Waals surface area contributed by atoms with Crippen LogP contribution < -0.4 is 4.90 Å². The van der Waals surface area contributed by atoms with Gasteiger partial charge in [0, 0.05) is 51.7 Å². The number of anilines is 1. The third-order valence-corrected chi connectivity index (χ3v) is 6.52. The van der Waals surface area contributed by atoms with Crippen LogP contribution >= 0.6 is 0 Å². The van der Waals surface area contributed by atoms with Crippen LogP contribution in [0.25, 0.3) is 0 Å². The predicted octanol–water partition coefficient (Wildman–Crippen LogP) is 0.328. The maximum Gasteiger partial charge on any atom is 0.246 e. The Morgan fingerprint density at radius 3 is 2.39 bits per heavy atom. The number of aliphatic hydroxyl groups excluding tert-OH is 1. The highest BCUT2D eigenvalue weighted by Crippen LogP contribution is 2.29. The Kier molecular flexibility index (Phi) is 5.15. The first-order valence-corrected chi connectivity index (χ1v) is 9.59. The minimum absolute atomic E-state index is 0.0448. The van der Waals surface area contributed by atoms with E-state index in [4.69, 9.17) is 0 Å². The number of piperazine rings is 1. The second kappa shape index (κ2) is 7.12. The van der Waals surface area contributed by atoms with Gasteiger partial charge in [-0.3, -0.25) is 9.88 Å². The number of rotatable bonds is 4. The first-order valence-electron chi connectivity index (χ1n) is 8.15. The van der Waals surface area contributed by atoms with Gasteiger partial charge in [0.25, 0.3) is 0 Å². The standard InChI is InChI=1S/C15H24N4O3S/c20-13-17-8-10-18(11-9-17)14-4-5-16-12-15(14)23(21,22)19-6-2-1-3-7-19/h4-5,12,20H,1-3,6-11,13H2. The van der Waals surface area contributed by atoms with E-state index in [1.54, 1.807) is 16.6 Å². The van der Waals surface area contributed by atoms with Gasteiger partial charge in [0.05, 0.1) is 12.4 Å². The number of nitrogens with zero attached hydrogens (tertiary/aromatic N) is 4. The lowest BCUT2D eigenvalue weighted by Gasteiger charge is -2.36. The molecule has 2 aliphatic heterocycles. The van der Waals surface area contributed by atoms with Crippen LogP contribution in [-0.2, 0) is 10.0 Å². The zero-order valence-corrected chi connectivity index (χ0v) is 14.1. The summed E-state index contributed by atoms with van der Waals surface area (Å²) in [6.07, 6.45) is 6.05. The first kappa shape index (κ1) is 16.6. The van der Waals surface area contributed by atoms with Gasteiger partial charge in [-0.1, -0.05) is 6.42 Å². The molecule has 0 unspecified atom stereocenters. The molecule has 1 aromatic heterocycles. The van der Waals surface area contributed by atoms with Crippen LogP contribution in [0.5, 0.6) is 0 Å². The number of hydrogen-bond donors (Lipinski definition) is 1. The molecule has 8 heteroatoms. The van der Waals surface area contributed by atoms with Gasteiger partial charge in [-0.05, 0) is 18.9 Å². The number of aromatic nitrogens is 1. The zero-order valence-electron chi connectivity index (χ0n) is 13.3. The second-order valence-corrected chi connectivity index (χ2v) is 7.96. The van der Waals surface area contributed by atoms with Crippen LogP contribution in [0, 0.1) is 0 Å². The van der Waals surface area contributed by atoms with Crippen LogP contribution in [0.15, 0.2) is 23.4 Å². The third kappa shape index (κ3) is 3.50. The molecule has 3 heterocycles. The number of piperidine rings is 1. The van der Waals surface area contributed by atoms with Crippen LogP contribution in [0.1, 0.15) is 19.3 Å². The van der Waals surface area contributed by atoms with E-state index in [2.05, 4.69) is 9.88 Å². The van der Waals surface area contributed by atoms with Crippen molar-refractivity contribution in [2.75, 3.05) is 50.9 Å². The molecule has 7 nitrogen and oxygen atoms in total. The summed E-state index contributed by atoms with van der Waals surface area (Å²) in [7, 11) is -3.49. The van der Waals surface area contributed by atoms with Gasteiger partial charge in [-0.2, -0.15) is 4.31 Å². The normalized spacial score (nSPS) is 21.5. The Morgan fingerprint density at radius 2 is 1.74 bits per heavy atom. The highest BCUT2D eigenvalue weighted by Gasteiger charge is 2.30. The minimum Gasteiger partial charge on any atom is -0.381 e. The molecule has 0 atom stereocenters. The molecule has 0 radical (unpaired) electrons. The van der Waals surface area contributed by atoms with Gasteiger partial charge < -0.3 is 10.0 Å². The summed E-state index contributed by atoms with van der Waals surface area (Å²) in [5.74, 6) is 0. The fourth-order valence-electron chi connectivity index (χ4n) is 3.21. The maximum absolute atomic E-state index is 13.0. The van der Waals surface area contributed by atoms with E-state index in [-0.39, 0.29) is 6.73 Å². The number of pyridine rings is 1. The van der Waals surface area contributed by atoms with E-state index in [0.717, 1.165) is 38.0 Å². The molecule has 1 N–H and O–H groups in total. The van der Waals surface area contributed by atoms with Crippen molar-refractivity contribution in [3.8, 4) is 0 Å². The topological polar surface area (TPSA) is 77.0 Å². The van der Waals surface area contributed by atoms with Gasteiger partial charge in [0.1, 0.15) is 4.90 Å². The lowest BCUT2D eigenvalue weighted by Crippen LogP contribution is -2.47. The Hall–Kier alpha value is -1.22. The summed E-state index contributed by atoms with van der Waals surface area (Å²) < 4.78 is 27.5. The summed E-state index contributed by atoms with van der Waals surface area (Å²) in [4.78, 5) is 8.37. The molecule has 0 aromatic carbocycles. The number of sulfonamides is 1. The average Bonchev–Trinajstić information content (AvgIpc) is 2.62. The third-order valence-electron chi connectivity index (χ3n) is 4.61. The highest BCUT2D eigenvalue weighted by atomic mass is 32.2. The Morgan fingerprint density at radius 1 is 1.04 bits per heavy atom. The van der Waals surface area contributed by atoms with Gasteiger partial charge in [-0.15, -0.1) is 0 Å². The van der Waals surface area contributed by atoms with Crippen molar-refractivity contribution in [2.24, 2.45) is 0 Å². The van der Waals surface area contributed by atoms with Gasteiger partial charge >= 0.3 is 0 Å². The quantitative estimate of drug-likeness (QED) is 0.851. The van der Waals surface area contributed by atoms with E-state index >= 15 is 0 Å². The van der Waals surface area contributed by atoms with Gasteiger partial charge in [0.2, 0.25) is 10.0 Å². The highest BCUT2D eigenvalue weighted by molar-refractivity contribution is 7.89. The summed E-state index contributed by atoms with van der Waals surface area (Å²) in [5.41, 5.74) is 0.725. The molecule has 1 aromatic rings. The molecule has 0 spiro atoms. The van der Waals surface area contributed by atoms with Gasteiger partial charge in [0.15, 0.2) is 0 Å². The van der Waals surface area contributed by atoms with E-state index < -0.39 is 10.0 Å². The molecule has 23 heavy (non-hydrogen) atoms. The Bertz CT molecular complexity index is 623. The van der Waals surface area contributed by atoms with Crippen LogP contribution in [0.3, 0.4) is 0 Å². The second-order valence-electron chi connectivity index (χ2n) is 6.05. The zero-order chi connectivity index (χ0) is 16.3. The van der Waals surface area contributed by atoms with Crippen LogP contribution in [0.2, 0.25) is 0 Å². The number of hydrogen-bond acceptors (Lipinski definition) is 6. The lowest BCUT2D eigenvalue weighted by atomic mass is 10.2. The van der Waals surface area contributed by atoms with E-state index in [9.17, 15) is 13.5 Å². The largest absolute Gasteiger partial charge is 0.381 e. The molecule has 2 aliphatic rings. The molecule has 3 rings (SSSR count). The van der Waals surface area contributed by atoms with Crippen molar-refractivity contribution >= 4 is 15.7 Å². The first-order chi connectivity index (χ1) is 11.1. The summed E-state index contributed by atoms with van der Waals surface area (Å²) in [6, 6.07) is 1.78. The number of aliphatic hydroxyl groups is 1. The summed E-state index contributed by atoms with van der Waals surface area (Å²) in [6.45, 7) is 4.08. The van der Waals surface area contributed by atoms with E-state index in [1.807, 2.05) is 4.90 Å². The van der Waals surface area contributed by atoms with Crippen LogP contribution in [-0.4, -0.2) is 73.7 Å². The Labute approximate surface area is 137 Å². The minimum atomic E-state index is -3.49. The fourth-order valence-corrected chi connectivity index (χ4v) is 4.88. The molecule has 0 bridgehead atoms. The molecule has 0 aliphatic carbocycles. The van der Waals surface area contributed by atoms with Crippen molar-refractivity contribution < 1.29 is 13.5 Å². The molecule has 2 saturated heterocycles. The van der Waals surface area contributed by atoms with Crippen molar-refractivity contribution in [2.45, 2.75) is 24.2 Å². The molecule has 2 fully saturated rings. The van der Waals surface area contributed by atoms with E-state index in [1.165, 1.54) is 6.20 Å². The van der Waals surface area contributed by atoms with Crippen molar-refractivity contribution in [3.05, 3.63) is 18.5 Å². The Balaban J connectivity index is 1.86. The monoisotopic (exact) mass is 340 g/mol. The van der Waals surface area contributed by atoms with Crippen molar-refractivity contribution in [3.63, 3.8) is 0 Å². The molecule has 0 saturated carbocycles. The fraction of sp³-hybridized carbons (Fsp3) is 0.667. The van der Waals surface area contributed by atoms with Crippen LogP contribution in [0.4, 0.5) is 5.69 Å². The van der Waals surface area contributed by atoms with Crippen molar-refractivity contribution in [1.82, 2.24) is 14.2 Å². The molecule has 0 amide bonds. The SMILES string of the molecule is O=S(=O)(c1cnccc1N1CCN(CO)CC1)N1CCCCC1.